The van der Waals surface area contributed by atoms with Crippen molar-refractivity contribution in [3.05, 3.63) is 39.3 Å². The Labute approximate surface area is 174 Å². The predicted octanol–water partition coefficient (Wildman–Crippen LogP) is 4.36. The topological polar surface area (TPSA) is 72.2 Å². The van der Waals surface area contributed by atoms with Crippen molar-refractivity contribution in [1.82, 2.24) is 24.9 Å². The molecule has 28 heavy (non-hydrogen) atoms. The van der Waals surface area contributed by atoms with Crippen LogP contribution >= 0.6 is 23.1 Å². The highest BCUT2D eigenvalue weighted by Gasteiger charge is 2.24. The Hall–Kier alpha value is -1.93. The number of fused-ring (bicyclic) bond motifs is 1. The van der Waals surface area contributed by atoms with E-state index in [1.54, 1.807) is 15.9 Å². The number of nitrogens with one attached hydrogen (secondary N) is 1. The average molecular weight is 418 g/mol. The molecule has 3 heterocycles. The molecule has 3 aromatic heterocycles. The second-order valence-corrected chi connectivity index (χ2v) is 8.64. The van der Waals surface area contributed by atoms with E-state index < -0.39 is 0 Å². The number of aromatic nitrogens is 4. The summed E-state index contributed by atoms with van der Waals surface area (Å²) in [5.41, 5.74) is 2.66. The third-order valence-corrected chi connectivity index (χ3v) is 6.73. The number of amides is 1. The smallest absolute Gasteiger partial charge is 0.253 e. The molecule has 0 spiro atoms. The second-order valence-electron chi connectivity index (χ2n) is 6.89. The largest absolute Gasteiger partial charge is 0.348 e. The molecule has 3 rings (SSSR count). The molecule has 6 nitrogen and oxygen atoms in total. The van der Waals surface area contributed by atoms with Crippen molar-refractivity contribution in [1.29, 1.82) is 0 Å². The van der Waals surface area contributed by atoms with Crippen LogP contribution < -0.4 is 5.32 Å². The third kappa shape index (κ3) is 4.22. The lowest BCUT2D eigenvalue weighted by Gasteiger charge is -2.26. The van der Waals surface area contributed by atoms with Gasteiger partial charge in [0.15, 0.2) is 0 Å². The summed E-state index contributed by atoms with van der Waals surface area (Å²) in [6, 6.07) is 4.20. The molecule has 0 fully saturated rings. The number of nitrogens with zero attached hydrogens (tertiary/aromatic N) is 4. The molecule has 0 radical (unpaired) electrons. The highest BCUT2D eigenvalue weighted by Crippen LogP contribution is 2.30. The molecule has 0 aliphatic carbocycles. The monoisotopic (exact) mass is 417 g/mol. The first-order valence-corrected chi connectivity index (χ1v) is 11.7. The highest BCUT2D eigenvalue weighted by molar-refractivity contribution is 7.98. The van der Waals surface area contributed by atoms with Gasteiger partial charge in [0.2, 0.25) is 11.1 Å². The first kappa shape index (κ1) is 20.8. The fourth-order valence-corrected chi connectivity index (χ4v) is 4.77. The van der Waals surface area contributed by atoms with Gasteiger partial charge in [-0.2, -0.15) is 4.98 Å². The zero-order valence-corrected chi connectivity index (χ0v) is 18.7. The molecule has 150 valence electrons. The van der Waals surface area contributed by atoms with Gasteiger partial charge in [-0.05, 0) is 37.5 Å². The number of thioether (sulfide) groups is 1. The quantitative estimate of drug-likeness (QED) is 0.551. The summed E-state index contributed by atoms with van der Waals surface area (Å²) in [5.74, 6) is 1.02. The third-order valence-electron chi connectivity index (χ3n) is 5.24. The number of aryl methyl sites for hydroxylation is 2. The van der Waals surface area contributed by atoms with Gasteiger partial charge in [-0.3, -0.25) is 4.79 Å². The molecule has 1 N–H and O–H groups in total. The summed E-state index contributed by atoms with van der Waals surface area (Å²) in [7, 11) is 0. The molecule has 1 unspecified atom stereocenters. The summed E-state index contributed by atoms with van der Waals surface area (Å²) in [6.07, 6.45) is 4.29. The standard InChI is InChI=1S/C20H27N5OS2/c1-6-14(7-2)18(16-9-8-10-28-16)22-17(26)11-15-12(3)21-19-23-20(27-5)24-25(19)13(15)4/h8-10,14,18H,6-7,11H2,1-5H3,(H,22,26). The van der Waals surface area contributed by atoms with Crippen LogP contribution in [-0.2, 0) is 11.2 Å². The van der Waals surface area contributed by atoms with Crippen molar-refractivity contribution in [2.45, 2.75) is 58.2 Å². The average Bonchev–Trinajstić information content (AvgIpc) is 3.35. The molecular weight excluding hydrogens is 390 g/mol. The van der Waals surface area contributed by atoms with E-state index in [9.17, 15) is 4.79 Å². The molecule has 8 heteroatoms. The van der Waals surface area contributed by atoms with Crippen molar-refractivity contribution in [2.24, 2.45) is 5.92 Å². The first-order valence-electron chi connectivity index (χ1n) is 9.58. The number of rotatable bonds is 8. The van der Waals surface area contributed by atoms with Gasteiger partial charge in [0.05, 0.1) is 12.5 Å². The summed E-state index contributed by atoms with van der Waals surface area (Å²) >= 11 is 3.18. The molecule has 0 saturated carbocycles. The van der Waals surface area contributed by atoms with E-state index >= 15 is 0 Å². The van der Waals surface area contributed by atoms with Gasteiger partial charge in [-0.15, -0.1) is 16.4 Å². The Balaban J connectivity index is 1.85. The van der Waals surface area contributed by atoms with Gasteiger partial charge in [0.25, 0.3) is 5.78 Å². The Kier molecular flexibility index (Phi) is 6.72. The lowest BCUT2D eigenvalue weighted by atomic mass is 9.92. The summed E-state index contributed by atoms with van der Waals surface area (Å²) in [6.45, 7) is 8.27. The molecule has 1 amide bonds. The second kappa shape index (κ2) is 9.05. The minimum atomic E-state index is 0.0165. The Bertz CT molecular complexity index is 947. The van der Waals surface area contributed by atoms with Gasteiger partial charge in [0.1, 0.15) is 0 Å². The molecule has 3 aromatic rings. The molecule has 0 bridgehead atoms. The van der Waals surface area contributed by atoms with Crippen LogP contribution in [0.5, 0.6) is 0 Å². The van der Waals surface area contributed by atoms with Gasteiger partial charge in [0, 0.05) is 21.8 Å². The van der Waals surface area contributed by atoms with Crippen molar-refractivity contribution in [2.75, 3.05) is 6.26 Å². The number of hydrogen-bond donors (Lipinski definition) is 1. The maximum absolute atomic E-state index is 13.0. The number of carbonyl (C=O) groups is 1. The van der Waals surface area contributed by atoms with Crippen LogP contribution in [-0.4, -0.2) is 31.7 Å². The van der Waals surface area contributed by atoms with Gasteiger partial charge >= 0.3 is 0 Å². The van der Waals surface area contributed by atoms with Gasteiger partial charge < -0.3 is 5.32 Å². The van der Waals surface area contributed by atoms with Crippen LogP contribution in [0.3, 0.4) is 0 Å². The van der Waals surface area contributed by atoms with Crippen LogP contribution in [0.4, 0.5) is 0 Å². The van der Waals surface area contributed by atoms with Crippen molar-refractivity contribution in [3.63, 3.8) is 0 Å². The fourth-order valence-electron chi connectivity index (χ4n) is 3.57. The number of carbonyl (C=O) groups excluding carboxylic acids is 1. The van der Waals surface area contributed by atoms with Crippen molar-refractivity contribution in [3.8, 4) is 0 Å². The zero-order valence-electron chi connectivity index (χ0n) is 17.0. The summed E-state index contributed by atoms with van der Waals surface area (Å²) < 4.78 is 1.74. The molecule has 0 aromatic carbocycles. The van der Waals surface area contributed by atoms with Gasteiger partial charge in [-0.1, -0.05) is 44.5 Å². The van der Waals surface area contributed by atoms with E-state index in [1.165, 1.54) is 16.6 Å². The highest BCUT2D eigenvalue weighted by atomic mass is 32.2. The lowest BCUT2D eigenvalue weighted by molar-refractivity contribution is -0.121. The van der Waals surface area contributed by atoms with Crippen molar-refractivity contribution < 1.29 is 4.79 Å². The molecule has 1 atom stereocenters. The van der Waals surface area contributed by atoms with E-state index in [2.05, 4.69) is 45.7 Å². The normalized spacial score (nSPS) is 12.6. The Morgan fingerprint density at radius 2 is 2.04 bits per heavy atom. The minimum Gasteiger partial charge on any atom is -0.348 e. The summed E-state index contributed by atoms with van der Waals surface area (Å²) in [4.78, 5) is 23.1. The SMILES string of the molecule is CCC(CC)C(NC(=O)Cc1c(C)nc2nc(SC)nn2c1C)c1cccs1. The van der Waals surface area contributed by atoms with Crippen molar-refractivity contribution >= 4 is 34.8 Å². The van der Waals surface area contributed by atoms with E-state index in [0.29, 0.717) is 16.9 Å². The predicted molar refractivity (Wildman–Crippen MR) is 115 cm³/mol. The van der Waals surface area contributed by atoms with Crippen LogP contribution in [0.1, 0.15) is 54.6 Å². The Morgan fingerprint density at radius 1 is 1.29 bits per heavy atom. The van der Waals surface area contributed by atoms with Crippen LogP contribution in [0, 0.1) is 19.8 Å². The van der Waals surface area contributed by atoms with E-state index in [4.69, 9.17) is 0 Å². The Morgan fingerprint density at radius 3 is 2.64 bits per heavy atom. The molecular formula is C20H27N5OS2. The van der Waals surface area contributed by atoms with E-state index in [-0.39, 0.29) is 18.4 Å². The van der Waals surface area contributed by atoms with Crippen LogP contribution in [0.25, 0.3) is 5.78 Å². The van der Waals surface area contributed by atoms with Crippen LogP contribution in [0.2, 0.25) is 0 Å². The number of hydrogen-bond acceptors (Lipinski definition) is 6. The fraction of sp³-hybridized carbons (Fsp3) is 0.500. The zero-order chi connectivity index (χ0) is 20.3. The summed E-state index contributed by atoms with van der Waals surface area (Å²) in [5, 5.41) is 10.5. The van der Waals surface area contributed by atoms with E-state index in [0.717, 1.165) is 29.8 Å². The molecule has 0 aliphatic heterocycles. The van der Waals surface area contributed by atoms with E-state index in [1.807, 2.05) is 26.2 Å². The first-order chi connectivity index (χ1) is 13.5. The maximum atomic E-state index is 13.0. The molecule has 0 aliphatic rings. The number of thiophene rings is 1. The lowest BCUT2D eigenvalue weighted by Crippen LogP contribution is -2.34. The van der Waals surface area contributed by atoms with Crippen LogP contribution in [0.15, 0.2) is 22.7 Å². The minimum absolute atomic E-state index is 0.0165. The van der Waals surface area contributed by atoms with Gasteiger partial charge in [-0.25, -0.2) is 9.50 Å². The molecule has 0 saturated heterocycles. The maximum Gasteiger partial charge on any atom is 0.253 e.